The fourth-order valence-electron chi connectivity index (χ4n) is 0. The number of hydrogen-bond donors (Lipinski definition) is 0. The van der Waals surface area contributed by atoms with Crippen molar-refractivity contribution in [3.63, 3.8) is 0 Å². The molecule has 45 valence electrons. The maximum Gasteiger partial charge on any atom is 4.00 e. The van der Waals surface area contributed by atoms with Gasteiger partial charge in [-0.2, -0.15) is 0 Å². The predicted octanol–water partition coefficient (Wildman–Crippen LogP) is -0.980. The van der Waals surface area contributed by atoms with E-state index in [4.69, 9.17) is 0 Å². The van der Waals surface area contributed by atoms with Gasteiger partial charge in [0.05, 0.1) is 0 Å². The summed E-state index contributed by atoms with van der Waals surface area (Å²) >= 11 is 0. The normalized spacial score (nSPS) is 0. The molecule has 0 atom stereocenters. The van der Waals surface area contributed by atoms with E-state index >= 15 is 0 Å². The van der Waals surface area contributed by atoms with Gasteiger partial charge in [0.25, 0.3) is 0 Å². The summed E-state index contributed by atoms with van der Waals surface area (Å²) < 4.78 is 0. The molecule has 0 aliphatic heterocycles. The van der Waals surface area contributed by atoms with Crippen LogP contribution in [-0.4, -0.2) is 24.4 Å². The number of hydrogen-bond acceptors (Lipinski definition) is 0. The van der Waals surface area contributed by atoms with Crippen molar-refractivity contribution < 1.29 is 66.5 Å². The van der Waals surface area contributed by atoms with E-state index in [0.29, 0.717) is 0 Å². The Morgan fingerprint density at radius 1 is 0.500 bits per heavy atom. The van der Waals surface area contributed by atoms with Crippen LogP contribution in [0.5, 0.6) is 0 Å². The summed E-state index contributed by atoms with van der Waals surface area (Å²) in [5.41, 5.74) is 0. The van der Waals surface area contributed by atoms with Gasteiger partial charge in [0.2, 0.25) is 0 Å². The average molecular weight is 302 g/mol. The Morgan fingerprint density at radius 3 is 0.500 bits per heavy atom. The molecule has 8 heavy (non-hydrogen) atoms. The second-order valence-corrected chi connectivity index (χ2v) is 0. The van der Waals surface area contributed by atoms with Crippen LogP contribution in [0.1, 0.15) is 0 Å². The van der Waals surface area contributed by atoms with E-state index in [9.17, 15) is 0 Å². The molecule has 3 radical (unpaired) electrons. The molecule has 0 heterocycles. The Bertz CT molecular complexity index is 12.4. The van der Waals surface area contributed by atoms with Gasteiger partial charge < -0.3 is 27.4 Å². The van der Waals surface area contributed by atoms with Crippen LogP contribution in [-0.2, 0) is 66.5 Å². The molecule has 0 saturated heterocycles. The summed E-state index contributed by atoms with van der Waals surface area (Å²) in [7, 11) is 0. The van der Waals surface area contributed by atoms with Gasteiger partial charge >= 0.3 is 63.5 Å². The van der Waals surface area contributed by atoms with E-state index in [2.05, 4.69) is 0 Å². The van der Waals surface area contributed by atoms with Crippen LogP contribution in [0.4, 0.5) is 0 Å². The minimum absolute atomic E-state index is 0. The molecule has 0 aliphatic rings. The van der Waals surface area contributed by atoms with Crippen LogP contribution in [0.15, 0.2) is 0 Å². The average Bonchev–Trinajstić information content (AvgIpc) is 0. The molecule has 0 saturated carbocycles. The minimum atomic E-state index is 0. The van der Waals surface area contributed by atoms with Crippen molar-refractivity contribution in [2.24, 2.45) is 0 Å². The van der Waals surface area contributed by atoms with Crippen molar-refractivity contribution in [1.29, 1.82) is 0 Å². The Balaban J connectivity index is 0. The first-order valence-electron chi connectivity index (χ1n) is 0. The van der Waals surface area contributed by atoms with Crippen LogP contribution in [0, 0.1) is 0 Å². The second-order valence-electron chi connectivity index (χ2n) is 0. The Kier molecular flexibility index (Phi) is 4390. The zero-order valence-electron chi connectivity index (χ0n) is 3.40. The van der Waals surface area contributed by atoms with Crippen LogP contribution < -0.4 is 0 Å². The summed E-state index contributed by atoms with van der Waals surface area (Å²) in [5.74, 6) is 0. The third kappa shape index (κ3) is 107. The van der Waals surface area contributed by atoms with Crippen molar-refractivity contribution in [1.82, 2.24) is 0 Å². The Morgan fingerprint density at radius 2 is 0.500 bits per heavy atom. The van der Waals surface area contributed by atoms with Gasteiger partial charge in [-0.3, -0.25) is 0 Å². The molecule has 0 aromatic rings. The van der Waals surface area contributed by atoms with Gasteiger partial charge in [0, 0.05) is 0 Å². The van der Waals surface area contributed by atoms with E-state index in [1.165, 1.54) is 0 Å². The largest absolute Gasteiger partial charge is 4.00 e. The van der Waals surface area contributed by atoms with Crippen molar-refractivity contribution in [3.8, 4) is 0 Å². The van der Waals surface area contributed by atoms with E-state index in [1.807, 2.05) is 0 Å². The van der Waals surface area contributed by atoms with E-state index < -0.39 is 0 Å². The standard InChI is InChI=1S/Cr.5O.Sb.Ti/q+3;5*-2;+3;+4. The maximum absolute atomic E-state index is 0. The van der Waals surface area contributed by atoms with Crippen molar-refractivity contribution in [3.05, 3.63) is 0 Å². The van der Waals surface area contributed by atoms with Gasteiger partial charge in [0.15, 0.2) is 0 Å². The SMILES string of the molecule is [Cr+3].[O-2].[O-2].[O-2].[O-2].[O-2].[Sb+3].[Ti+4]. The van der Waals surface area contributed by atoms with Crippen molar-refractivity contribution in [2.75, 3.05) is 0 Å². The fourth-order valence-corrected chi connectivity index (χ4v) is 0. The van der Waals surface area contributed by atoms with Gasteiger partial charge in [0.1, 0.15) is 0 Å². The van der Waals surface area contributed by atoms with Crippen LogP contribution in [0.2, 0.25) is 0 Å². The molecule has 8 heteroatoms. The topological polar surface area (TPSA) is 142 Å². The summed E-state index contributed by atoms with van der Waals surface area (Å²) in [4.78, 5) is 0. The summed E-state index contributed by atoms with van der Waals surface area (Å²) in [5, 5.41) is 0. The maximum atomic E-state index is 0. The molecule has 0 N–H and O–H groups in total. The summed E-state index contributed by atoms with van der Waals surface area (Å²) in [6, 6.07) is 0. The monoisotopic (exact) mass is 301 g/mol. The molecule has 0 aromatic heterocycles. The molecule has 0 spiro atoms. The smallest absolute Gasteiger partial charge is 2.00 e. The Labute approximate surface area is 90.2 Å². The molecular weight excluding hydrogens is 302 g/mol. The molecular formula is CrO5SbTi. The van der Waals surface area contributed by atoms with Crippen molar-refractivity contribution >= 4 is 24.4 Å². The first kappa shape index (κ1) is 223. The van der Waals surface area contributed by atoms with Crippen LogP contribution in [0.25, 0.3) is 0 Å². The van der Waals surface area contributed by atoms with Gasteiger partial charge in [-0.1, -0.05) is 0 Å². The van der Waals surface area contributed by atoms with Gasteiger partial charge in [-0.25, -0.2) is 0 Å². The Hall–Kier alpha value is 1.86. The zero-order chi connectivity index (χ0) is 0. The molecule has 0 bridgehead atoms. The molecule has 0 unspecified atom stereocenters. The first-order chi connectivity index (χ1) is 0. The molecule has 5 nitrogen and oxygen atoms in total. The molecule has 0 amide bonds. The second kappa shape index (κ2) is 158. The number of rotatable bonds is 0. The van der Waals surface area contributed by atoms with Gasteiger partial charge in [-0.15, -0.1) is 0 Å². The van der Waals surface area contributed by atoms with E-state index in [1.54, 1.807) is 0 Å². The summed E-state index contributed by atoms with van der Waals surface area (Å²) in [6.07, 6.45) is 0. The zero-order valence-corrected chi connectivity index (χ0v) is 8.79. The van der Waals surface area contributed by atoms with Crippen molar-refractivity contribution in [2.45, 2.75) is 0 Å². The predicted molar refractivity (Wildman–Crippen MR) is 9.19 cm³/mol. The summed E-state index contributed by atoms with van der Waals surface area (Å²) in [6.45, 7) is 0. The third-order valence-corrected chi connectivity index (χ3v) is 0. The first-order valence-corrected chi connectivity index (χ1v) is 0. The molecule has 0 aliphatic carbocycles. The fraction of sp³-hybridized carbons (Fsp3) is 0. The van der Waals surface area contributed by atoms with E-state index in [-0.39, 0.29) is 90.9 Å². The van der Waals surface area contributed by atoms with Crippen LogP contribution in [0.3, 0.4) is 0 Å². The molecule has 0 aromatic carbocycles. The third-order valence-electron chi connectivity index (χ3n) is 0. The minimum Gasteiger partial charge on any atom is -2.00 e. The van der Waals surface area contributed by atoms with Gasteiger partial charge in [-0.05, 0) is 0 Å². The molecule has 0 fully saturated rings. The van der Waals surface area contributed by atoms with Crippen LogP contribution >= 0.6 is 0 Å². The quantitative estimate of drug-likeness (QED) is 0.507. The van der Waals surface area contributed by atoms with E-state index in [0.717, 1.165) is 0 Å². The molecule has 0 rings (SSSR count).